The fourth-order valence-electron chi connectivity index (χ4n) is 3.87. The van der Waals surface area contributed by atoms with Crippen LogP contribution in [0.25, 0.3) is 0 Å². The van der Waals surface area contributed by atoms with Crippen molar-refractivity contribution in [2.24, 2.45) is 11.7 Å². The number of carbonyl (C=O) groups excluding carboxylic acids is 3. The molecule has 3 rings (SSSR count). The van der Waals surface area contributed by atoms with Crippen LogP contribution in [0.3, 0.4) is 0 Å². The minimum absolute atomic E-state index is 0.0307. The molecule has 9 nitrogen and oxygen atoms in total. The summed E-state index contributed by atoms with van der Waals surface area (Å²) in [7, 11) is 1.56. The van der Waals surface area contributed by atoms with Gasteiger partial charge in [0.2, 0.25) is 5.91 Å². The SMILES string of the molecule is COc1ccc([C@@H](C(=O)NCCC(C)C)N(C(=O)c2snc(C(N)=O)c2N)c2cc(C)ccc2C)cc1. The molecule has 0 saturated carbocycles. The summed E-state index contributed by atoms with van der Waals surface area (Å²) in [5.41, 5.74) is 14.1. The standard InChI is InChI=1S/C27H33N5O4S/c1-15(2)12-13-30-26(34)23(18-8-10-19(36-5)11-9-18)32(20-14-16(3)6-7-17(20)4)27(35)24-21(28)22(25(29)33)31-37-24/h6-11,14-15,23H,12-13,28H2,1-5H3,(H2,29,33)(H,30,34)/t23-/m0/s1. The largest absolute Gasteiger partial charge is 0.497 e. The average Bonchev–Trinajstić information content (AvgIpc) is 3.25. The van der Waals surface area contributed by atoms with Gasteiger partial charge in [0.25, 0.3) is 11.8 Å². The van der Waals surface area contributed by atoms with Crippen molar-refractivity contribution in [2.75, 3.05) is 24.3 Å². The van der Waals surface area contributed by atoms with Crippen LogP contribution < -0.4 is 26.4 Å². The van der Waals surface area contributed by atoms with Crippen molar-refractivity contribution < 1.29 is 19.1 Å². The predicted octanol–water partition coefficient (Wildman–Crippen LogP) is 4.00. The van der Waals surface area contributed by atoms with E-state index < -0.39 is 17.9 Å². The van der Waals surface area contributed by atoms with Crippen molar-refractivity contribution in [2.45, 2.75) is 40.2 Å². The number of carbonyl (C=O) groups is 3. The molecule has 1 aromatic heterocycles. The fourth-order valence-corrected chi connectivity index (χ4v) is 4.61. The van der Waals surface area contributed by atoms with E-state index in [1.807, 2.05) is 32.0 Å². The van der Waals surface area contributed by atoms with E-state index in [4.69, 9.17) is 16.2 Å². The predicted molar refractivity (Wildman–Crippen MR) is 146 cm³/mol. The number of rotatable bonds is 10. The van der Waals surface area contributed by atoms with E-state index >= 15 is 0 Å². The van der Waals surface area contributed by atoms with Crippen molar-refractivity contribution in [3.05, 3.63) is 69.7 Å². The number of anilines is 2. The van der Waals surface area contributed by atoms with E-state index in [9.17, 15) is 14.4 Å². The fraction of sp³-hybridized carbons (Fsp3) is 0.333. The van der Waals surface area contributed by atoms with Crippen molar-refractivity contribution in [1.82, 2.24) is 9.69 Å². The number of nitrogens with one attached hydrogen (secondary N) is 1. The number of amides is 3. The topological polar surface area (TPSA) is 141 Å². The summed E-state index contributed by atoms with van der Waals surface area (Å²) in [5.74, 6) is -0.732. The lowest BCUT2D eigenvalue weighted by Gasteiger charge is -2.32. The third-order valence-electron chi connectivity index (χ3n) is 5.96. The molecule has 0 bridgehead atoms. The normalized spacial score (nSPS) is 11.7. The molecule has 0 aliphatic carbocycles. The molecule has 10 heteroatoms. The smallest absolute Gasteiger partial charge is 0.273 e. The van der Waals surface area contributed by atoms with Gasteiger partial charge in [0, 0.05) is 12.2 Å². The van der Waals surface area contributed by atoms with Gasteiger partial charge in [-0.2, -0.15) is 4.37 Å². The second kappa shape index (κ2) is 11.9. The van der Waals surface area contributed by atoms with Crippen molar-refractivity contribution in [3.8, 4) is 5.75 Å². The first kappa shape index (κ1) is 27.7. The molecule has 0 aliphatic rings. The molecule has 1 heterocycles. The molecular formula is C27H33N5O4S. The zero-order valence-corrected chi connectivity index (χ0v) is 22.5. The summed E-state index contributed by atoms with van der Waals surface area (Å²) in [6.07, 6.45) is 0.780. The summed E-state index contributed by atoms with van der Waals surface area (Å²) >= 11 is 0.779. The number of nitrogen functional groups attached to an aromatic ring is 1. The van der Waals surface area contributed by atoms with Crippen LogP contribution in [0.15, 0.2) is 42.5 Å². The Labute approximate surface area is 221 Å². The Morgan fingerprint density at radius 3 is 2.35 bits per heavy atom. The molecule has 2 aromatic carbocycles. The first-order chi connectivity index (χ1) is 17.5. The Bertz CT molecular complexity index is 1290. The molecule has 3 amide bonds. The summed E-state index contributed by atoms with van der Waals surface area (Å²) in [4.78, 5) is 41.2. The third-order valence-corrected chi connectivity index (χ3v) is 6.81. The monoisotopic (exact) mass is 523 g/mol. The molecular weight excluding hydrogens is 490 g/mol. The van der Waals surface area contributed by atoms with E-state index in [1.54, 1.807) is 31.4 Å². The van der Waals surface area contributed by atoms with Crippen molar-refractivity contribution in [3.63, 3.8) is 0 Å². The number of aromatic nitrogens is 1. The molecule has 0 fully saturated rings. The second-order valence-electron chi connectivity index (χ2n) is 9.25. The minimum Gasteiger partial charge on any atom is -0.497 e. The van der Waals surface area contributed by atoms with Gasteiger partial charge in [0.1, 0.15) is 16.7 Å². The van der Waals surface area contributed by atoms with Gasteiger partial charge in [-0.1, -0.05) is 38.1 Å². The number of hydrogen-bond donors (Lipinski definition) is 3. The highest BCUT2D eigenvalue weighted by Gasteiger charge is 2.36. The van der Waals surface area contributed by atoms with E-state index in [0.29, 0.717) is 29.5 Å². The number of hydrogen-bond acceptors (Lipinski definition) is 7. The maximum atomic E-state index is 14.1. The number of nitrogens with two attached hydrogens (primary N) is 2. The van der Waals surface area contributed by atoms with Crippen LogP contribution in [0.2, 0.25) is 0 Å². The maximum Gasteiger partial charge on any atom is 0.273 e. The van der Waals surface area contributed by atoms with Crippen LogP contribution in [0.5, 0.6) is 5.75 Å². The lowest BCUT2D eigenvalue weighted by Crippen LogP contribution is -2.44. The number of aryl methyl sites for hydroxylation is 2. The summed E-state index contributed by atoms with van der Waals surface area (Å²) in [6, 6.07) is 11.6. The highest BCUT2D eigenvalue weighted by molar-refractivity contribution is 7.09. The minimum atomic E-state index is -1.04. The molecule has 3 aromatic rings. The lowest BCUT2D eigenvalue weighted by molar-refractivity contribution is -0.122. The quantitative estimate of drug-likeness (QED) is 0.367. The average molecular weight is 524 g/mol. The summed E-state index contributed by atoms with van der Waals surface area (Å²) in [6.45, 7) is 8.36. The number of benzene rings is 2. The third kappa shape index (κ3) is 6.26. The summed E-state index contributed by atoms with van der Waals surface area (Å²) in [5, 5.41) is 2.99. The molecule has 1 atom stereocenters. The number of nitrogens with zero attached hydrogens (tertiary/aromatic N) is 2. The maximum absolute atomic E-state index is 14.1. The number of primary amides is 1. The molecule has 0 radical (unpaired) electrons. The Hall–Kier alpha value is -3.92. The summed E-state index contributed by atoms with van der Waals surface area (Å²) < 4.78 is 9.29. The molecule has 0 unspecified atom stereocenters. The zero-order valence-electron chi connectivity index (χ0n) is 21.7. The van der Waals surface area contributed by atoms with Crippen LogP contribution in [-0.2, 0) is 4.79 Å². The van der Waals surface area contributed by atoms with Gasteiger partial charge in [0.05, 0.1) is 12.8 Å². The first-order valence-electron chi connectivity index (χ1n) is 11.9. The zero-order chi connectivity index (χ0) is 27.3. The van der Waals surface area contributed by atoms with Crippen LogP contribution in [0, 0.1) is 19.8 Å². The Kier molecular flexibility index (Phi) is 8.88. The van der Waals surface area contributed by atoms with Crippen LogP contribution in [0.1, 0.15) is 63.2 Å². The van der Waals surface area contributed by atoms with Gasteiger partial charge in [-0.3, -0.25) is 19.3 Å². The second-order valence-corrected chi connectivity index (χ2v) is 10.0. The molecule has 0 spiro atoms. The van der Waals surface area contributed by atoms with E-state index in [2.05, 4.69) is 23.5 Å². The lowest BCUT2D eigenvalue weighted by atomic mass is 10.00. The van der Waals surface area contributed by atoms with Gasteiger partial charge in [-0.25, -0.2) is 0 Å². The highest BCUT2D eigenvalue weighted by Crippen LogP contribution is 2.35. The molecule has 37 heavy (non-hydrogen) atoms. The highest BCUT2D eigenvalue weighted by atomic mass is 32.1. The van der Waals surface area contributed by atoms with E-state index in [1.165, 1.54) is 4.90 Å². The van der Waals surface area contributed by atoms with Crippen molar-refractivity contribution in [1.29, 1.82) is 0 Å². The number of methoxy groups -OCH3 is 1. The van der Waals surface area contributed by atoms with Crippen molar-refractivity contribution >= 4 is 40.6 Å². The van der Waals surface area contributed by atoms with Crippen LogP contribution in [-0.4, -0.2) is 35.7 Å². The first-order valence-corrected chi connectivity index (χ1v) is 12.7. The number of ether oxygens (including phenoxy) is 1. The Balaban J connectivity index is 2.21. The van der Waals surface area contributed by atoms with Crippen LogP contribution >= 0.6 is 11.5 Å². The van der Waals surface area contributed by atoms with Gasteiger partial charge in [0.15, 0.2) is 5.69 Å². The Morgan fingerprint density at radius 2 is 1.78 bits per heavy atom. The van der Waals surface area contributed by atoms with E-state index in [0.717, 1.165) is 29.1 Å². The molecule has 196 valence electrons. The van der Waals surface area contributed by atoms with Crippen LogP contribution in [0.4, 0.5) is 11.4 Å². The Morgan fingerprint density at radius 1 is 1.11 bits per heavy atom. The van der Waals surface area contributed by atoms with Gasteiger partial charge >= 0.3 is 0 Å². The molecule has 5 N–H and O–H groups in total. The van der Waals surface area contributed by atoms with Gasteiger partial charge < -0.3 is 21.5 Å². The van der Waals surface area contributed by atoms with Gasteiger partial charge in [-0.05, 0) is 72.6 Å². The molecule has 0 saturated heterocycles. The molecule has 0 aliphatic heterocycles. The van der Waals surface area contributed by atoms with E-state index in [-0.39, 0.29) is 22.2 Å². The van der Waals surface area contributed by atoms with Gasteiger partial charge in [-0.15, -0.1) is 0 Å².